The molecule has 26 heavy (non-hydrogen) atoms. The monoisotopic (exact) mass is 371 g/mol. The molecule has 1 saturated heterocycles. The molecule has 3 rings (SSSR count). The molecule has 1 unspecified atom stereocenters. The zero-order valence-corrected chi connectivity index (χ0v) is 15.8. The minimum Gasteiger partial charge on any atom is -0.497 e. The molecule has 1 aliphatic heterocycles. The van der Waals surface area contributed by atoms with Gasteiger partial charge in [0, 0.05) is 25.3 Å². The molecule has 138 valence electrons. The van der Waals surface area contributed by atoms with Gasteiger partial charge in [-0.15, -0.1) is 0 Å². The van der Waals surface area contributed by atoms with E-state index >= 15 is 0 Å². The number of benzene rings is 2. The highest BCUT2D eigenvalue weighted by Crippen LogP contribution is 2.23. The molecule has 2 N–H and O–H groups in total. The van der Waals surface area contributed by atoms with Crippen LogP contribution >= 0.6 is 12.2 Å². The number of para-hydroxylation sites is 1. The Morgan fingerprint density at radius 3 is 2.46 bits per heavy atom. The Morgan fingerprint density at radius 2 is 1.81 bits per heavy atom. The Bertz CT molecular complexity index is 688. The van der Waals surface area contributed by atoms with Gasteiger partial charge in [-0.05, 0) is 42.0 Å². The molecule has 0 aromatic heterocycles. The molecular formula is C20H25N3O2S. The highest BCUT2D eigenvalue weighted by molar-refractivity contribution is 7.80. The summed E-state index contributed by atoms with van der Waals surface area (Å²) >= 11 is 5.46. The van der Waals surface area contributed by atoms with E-state index in [4.69, 9.17) is 21.7 Å². The molecule has 2 aromatic rings. The third kappa shape index (κ3) is 5.17. The summed E-state index contributed by atoms with van der Waals surface area (Å²) in [5, 5.41) is 7.22. The van der Waals surface area contributed by atoms with Gasteiger partial charge in [0.2, 0.25) is 0 Å². The van der Waals surface area contributed by atoms with E-state index in [1.807, 2.05) is 42.5 Å². The summed E-state index contributed by atoms with van der Waals surface area (Å²) in [5.41, 5.74) is 2.22. The predicted molar refractivity (Wildman–Crippen MR) is 109 cm³/mol. The SMILES string of the molecule is COc1ccc(C(CNC(=S)Nc2ccccc2)N2CCOCC2)cc1. The van der Waals surface area contributed by atoms with E-state index in [0.717, 1.165) is 44.3 Å². The Kier molecular flexibility index (Phi) is 6.82. The predicted octanol–water partition coefficient (Wildman–Crippen LogP) is 3.06. The van der Waals surface area contributed by atoms with Crippen LogP contribution in [-0.2, 0) is 4.74 Å². The first-order valence-corrected chi connectivity index (χ1v) is 9.23. The second-order valence-electron chi connectivity index (χ2n) is 6.14. The number of hydrogen-bond donors (Lipinski definition) is 2. The number of methoxy groups -OCH3 is 1. The average Bonchev–Trinajstić information content (AvgIpc) is 2.70. The molecule has 1 aliphatic rings. The smallest absolute Gasteiger partial charge is 0.170 e. The molecule has 1 heterocycles. The molecule has 0 saturated carbocycles. The van der Waals surface area contributed by atoms with Crippen molar-refractivity contribution in [2.45, 2.75) is 6.04 Å². The summed E-state index contributed by atoms with van der Waals surface area (Å²) in [4.78, 5) is 2.43. The van der Waals surface area contributed by atoms with Crippen LogP contribution in [0.1, 0.15) is 11.6 Å². The van der Waals surface area contributed by atoms with Crippen LogP contribution in [0.2, 0.25) is 0 Å². The van der Waals surface area contributed by atoms with Crippen molar-refractivity contribution >= 4 is 23.0 Å². The van der Waals surface area contributed by atoms with Crippen LogP contribution in [-0.4, -0.2) is 50.0 Å². The zero-order valence-electron chi connectivity index (χ0n) is 15.0. The van der Waals surface area contributed by atoms with Crippen LogP contribution in [0.25, 0.3) is 0 Å². The summed E-state index contributed by atoms with van der Waals surface area (Å²) < 4.78 is 10.8. The quantitative estimate of drug-likeness (QED) is 0.761. The van der Waals surface area contributed by atoms with E-state index in [1.54, 1.807) is 7.11 Å². The summed E-state index contributed by atoms with van der Waals surface area (Å²) in [7, 11) is 1.68. The maximum Gasteiger partial charge on any atom is 0.170 e. The van der Waals surface area contributed by atoms with Crippen LogP contribution in [0, 0.1) is 0 Å². The van der Waals surface area contributed by atoms with Gasteiger partial charge in [-0.3, -0.25) is 4.90 Å². The summed E-state index contributed by atoms with van der Waals surface area (Å²) in [6, 6.07) is 18.4. The van der Waals surface area contributed by atoms with Gasteiger partial charge in [-0.2, -0.15) is 0 Å². The standard InChI is InChI=1S/C20H25N3O2S/c1-24-18-9-7-16(8-10-18)19(23-11-13-25-14-12-23)15-21-20(26)22-17-5-3-2-4-6-17/h2-10,19H,11-15H2,1H3,(H2,21,22,26). The molecule has 5 nitrogen and oxygen atoms in total. The normalized spacial score (nSPS) is 15.9. The Hall–Kier alpha value is -2.15. The fraction of sp³-hybridized carbons (Fsp3) is 0.350. The lowest BCUT2D eigenvalue weighted by Gasteiger charge is -2.35. The van der Waals surface area contributed by atoms with Gasteiger partial charge < -0.3 is 20.1 Å². The summed E-state index contributed by atoms with van der Waals surface area (Å²) in [5.74, 6) is 0.865. The van der Waals surface area contributed by atoms with E-state index in [1.165, 1.54) is 5.56 Å². The molecule has 2 aromatic carbocycles. The van der Waals surface area contributed by atoms with E-state index < -0.39 is 0 Å². The third-order valence-corrected chi connectivity index (χ3v) is 4.72. The lowest BCUT2D eigenvalue weighted by molar-refractivity contribution is 0.0170. The van der Waals surface area contributed by atoms with Crippen molar-refractivity contribution in [3.8, 4) is 5.75 Å². The van der Waals surface area contributed by atoms with Crippen LogP contribution < -0.4 is 15.4 Å². The highest BCUT2D eigenvalue weighted by Gasteiger charge is 2.22. The Morgan fingerprint density at radius 1 is 1.12 bits per heavy atom. The van der Waals surface area contributed by atoms with Gasteiger partial charge in [-0.25, -0.2) is 0 Å². The lowest BCUT2D eigenvalue weighted by atomic mass is 10.0. The topological polar surface area (TPSA) is 45.8 Å². The number of ether oxygens (including phenoxy) is 2. The van der Waals surface area contributed by atoms with Crippen molar-refractivity contribution in [2.75, 3.05) is 45.3 Å². The first kappa shape index (κ1) is 18.6. The van der Waals surface area contributed by atoms with Crippen LogP contribution in [0.5, 0.6) is 5.75 Å². The second-order valence-corrected chi connectivity index (χ2v) is 6.55. The van der Waals surface area contributed by atoms with Crippen LogP contribution in [0.3, 0.4) is 0 Å². The van der Waals surface area contributed by atoms with Crippen molar-refractivity contribution in [1.29, 1.82) is 0 Å². The molecule has 0 amide bonds. The molecule has 0 spiro atoms. The largest absolute Gasteiger partial charge is 0.497 e. The molecule has 6 heteroatoms. The van der Waals surface area contributed by atoms with E-state index in [-0.39, 0.29) is 6.04 Å². The Labute approximate surface area is 160 Å². The molecule has 0 radical (unpaired) electrons. The number of anilines is 1. The van der Waals surface area contributed by atoms with E-state index in [2.05, 4.69) is 27.7 Å². The van der Waals surface area contributed by atoms with E-state index in [9.17, 15) is 0 Å². The van der Waals surface area contributed by atoms with Gasteiger partial charge in [0.05, 0.1) is 26.4 Å². The highest BCUT2D eigenvalue weighted by atomic mass is 32.1. The van der Waals surface area contributed by atoms with Gasteiger partial charge in [0.15, 0.2) is 5.11 Å². The average molecular weight is 372 g/mol. The number of nitrogens with zero attached hydrogens (tertiary/aromatic N) is 1. The maximum absolute atomic E-state index is 5.51. The molecule has 1 fully saturated rings. The van der Waals surface area contributed by atoms with Crippen molar-refractivity contribution in [1.82, 2.24) is 10.2 Å². The fourth-order valence-electron chi connectivity index (χ4n) is 3.06. The summed E-state index contributed by atoms with van der Waals surface area (Å²) in [6.07, 6.45) is 0. The van der Waals surface area contributed by atoms with Crippen molar-refractivity contribution < 1.29 is 9.47 Å². The molecule has 0 aliphatic carbocycles. The number of hydrogen-bond acceptors (Lipinski definition) is 4. The first-order valence-electron chi connectivity index (χ1n) is 8.82. The number of morpholine rings is 1. The van der Waals surface area contributed by atoms with Gasteiger partial charge >= 0.3 is 0 Å². The molecule has 0 bridgehead atoms. The van der Waals surface area contributed by atoms with Gasteiger partial charge in [-0.1, -0.05) is 30.3 Å². The van der Waals surface area contributed by atoms with E-state index in [0.29, 0.717) is 5.11 Å². The van der Waals surface area contributed by atoms with Crippen LogP contribution in [0.15, 0.2) is 54.6 Å². The van der Waals surface area contributed by atoms with Crippen molar-refractivity contribution in [3.63, 3.8) is 0 Å². The fourth-order valence-corrected chi connectivity index (χ4v) is 3.26. The van der Waals surface area contributed by atoms with Crippen LogP contribution in [0.4, 0.5) is 5.69 Å². The van der Waals surface area contributed by atoms with Gasteiger partial charge in [0.1, 0.15) is 5.75 Å². The number of nitrogens with one attached hydrogen (secondary N) is 2. The molecule has 1 atom stereocenters. The maximum atomic E-state index is 5.51. The minimum absolute atomic E-state index is 0.223. The Balaban J connectivity index is 1.65. The third-order valence-electron chi connectivity index (χ3n) is 4.47. The number of thiocarbonyl (C=S) groups is 1. The van der Waals surface area contributed by atoms with Crippen molar-refractivity contribution in [3.05, 3.63) is 60.2 Å². The number of rotatable bonds is 6. The lowest BCUT2D eigenvalue weighted by Crippen LogP contribution is -2.44. The van der Waals surface area contributed by atoms with Crippen molar-refractivity contribution in [2.24, 2.45) is 0 Å². The molecular weight excluding hydrogens is 346 g/mol. The summed E-state index contributed by atoms with van der Waals surface area (Å²) in [6.45, 7) is 4.08. The zero-order chi connectivity index (χ0) is 18.2. The second kappa shape index (κ2) is 9.52. The first-order chi connectivity index (χ1) is 12.8. The minimum atomic E-state index is 0.223. The van der Waals surface area contributed by atoms with Gasteiger partial charge in [0.25, 0.3) is 0 Å².